The molecule has 1 saturated heterocycles. The van der Waals surface area contributed by atoms with Crippen molar-refractivity contribution >= 4 is 12.4 Å². The molecule has 2 rings (SSSR count). The van der Waals surface area contributed by atoms with Gasteiger partial charge >= 0.3 is 0 Å². The van der Waals surface area contributed by atoms with E-state index in [1.807, 2.05) is 0 Å². The van der Waals surface area contributed by atoms with Gasteiger partial charge in [-0.2, -0.15) is 0 Å². The Hall–Kier alpha value is 0.250. The van der Waals surface area contributed by atoms with Crippen LogP contribution in [0.2, 0.25) is 0 Å². The first-order valence-corrected chi connectivity index (χ1v) is 4.04. The van der Waals surface area contributed by atoms with Gasteiger partial charge in [-0.05, 0) is 43.7 Å². The van der Waals surface area contributed by atoms with Crippen LogP contribution in [-0.4, -0.2) is 13.1 Å². The highest BCUT2D eigenvalue weighted by Crippen LogP contribution is 2.55. The Morgan fingerprint density at radius 2 is 2.00 bits per heavy atom. The maximum absolute atomic E-state index is 3.43. The standard InChI is InChI=1S/C8H15N.ClH/c1-7-6-9-5-4-8(7)2-3-8;/h7,9H,2-6H2,1H3;1H. The molecule has 0 aromatic rings. The molecular weight excluding hydrogens is 146 g/mol. The predicted molar refractivity (Wildman–Crippen MR) is 45.6 cm³/mol. The van der Waals surface area contributed by atoms with Crippen molar-refractivity contribution in [2.24, 2.45) is 11.3 Å². The fourth-order valence-electron chi connectivity index (χ4n) is 2.02. The molecule has 2 heteroatoms. The first-order valence-electron chi connectivity index (χ1n) is 4.04. The van der Waals surface area contributed by atoms with E-state index >= 15 is 0 Å². The van der Waals surface area contributed by atoms with E-state index in [2.05, 4.69) is 12.2 Å². The van der Waals surface area contributed by atoms with Gasteiger partial charge < -0.3 is 5.32 Å². The Bertz CT molecular complexity index is 120. The van der Waals surface area contributed by atoms with Crippen molar-refractivity contribution in [3.63, 3.8) is 0 Å². The van der Waals surface area contributed by atoms with Gasteiger partial charge in [-0.3, -0.25) is 0 Å². The maximum Gasteiger partial charge on any atom is -0.00178 e. The third kappa shape index (κ3) is 1.17. The van der Waals surface area contributed by atoms with Gasteiger partial charge in [0.2, 0.25) is 0 Å². The molecule has 1 atom stereocenters. The molecule has 1 saturated carbocycles. The van der Waals surface area contributed by atoms with Crippen molar-refractivity contribution < 1.29 is 0 Å². The molecule has 0 bridgehead atoms. The molecule has 0 amide bonds. The lowest BCUT2D eigenvalue weighted by atomic mass is 9.85. The molecule has 0 radical (unpaired) electrons. The molecule has 1 N–H and O–H groups in total. The first kappa shape index (κ1) is 8.35. The average Bonchev–Trinajstić information content (AvgIpc) is 2.60. The van der Waals surface area contributed by atoms with E-state index in [1.54, 1.807) is 0 Å². The van der Waals surface area contributed by atoms with Crippen LogP contribution in [0, 0.1) is 11.3 Å². The van der Waals surface area contributed by atoms with Crippen LogP contribution in [0.5, 0.6) is 0 Å². The van der Waals surface area contributed by atoms with Gasteiger partial charge in [0.05, 0.1) is 0 Å². The molecular formula is C8H16ClN. The summed E-state index contributed by atoms with van der Waals surface area (Å²) < 4.78 is 0. The fraction of sp³-hybridized carbons (Fsp3) is 1.00. The van der Waals surface area contributed by atoms with Crippen LogP contribution in [0.3, 0.4) is 0 Å². The summed E-state index contributed by atoms with van der Waals surface area (Å²) in [6.07, 6.45) is 4.46. The highest BCUT2D eigenvalue weighted by Gasteiger charge is 2.47. The van der Waals surface area contributed by atoms with Crippen molar-refractivity contribution in [1.29, 1.82) is 0 Å². The van der Waals surface area contributed by atoms with Crippen LogP contribution in [0.1, 0.15) is 26.2 Å². The Morgan fingerprint density at radius 3 is 2.40 bits per heavy atom. The van der Waals surface area contributed by atoms with E-state index in [4.69, 9.17) is 0 Å². The Balaban J connectivity index is 0.000000500. The van der Waals surface area contributed by atoms with Crippen LogP contribution in [0.15, 0.2) is 0 Å². The smallest absolute Gasteiger partial charge is 0.00178 e. The number of hydrogen-bond donors (Lipinski definition) is 1. The molecule has 1 unspecified atom stereocenters. The zero-order chi connectivity index (χ0) is 6.32. The van der Waals surface area contributed by atoms with Crippen molar-refractivity contribution in [3.8, 4) is 0 Å². The van der Waals surface area contributed by atoms with Gasteiger partial charge in [0.25, 0.3) is 0 Å². The van der Waals surface area contributed by atoms with Crippen LogP contribution in [0.4, 0.5) is 0 Å². The molecule has 10 heavy (non-hydrogen) atoms. The lowest BCUT2D eigenvalue weighted by Gasteiger charge is -2.29. The normalized spacial score (nSPS) is 35.1. The van der Waals surface area contributed by atoms with Gasteiger partial charge in [-0.15, -0.1) is 12.4 Å². The predicted octanol–water partition coefficient (Wildman–Crippen LogP) is 1.82. The summed E-state index contributed by atoms with van der Waals surface area (Å²) in [4.78, 5) is 0. The van der Waals surface area contributed by atoms with Gasteiger partial charge in [0.15, 0.2) is 0 Å². The number of piperidine rings is 1. The second-order valence-electron chi connectivity index (χ2n) is 3.72. The summed E-state index contributed by atoms with van der Waals surface area (Å²) in [6.45, 7) is 4.92. The summed E-state index contributed by atoms with van der Waals surface area (Å²) in [6, 6.07) is 0. The molecule has 2 fully saturated rings. The monoisotopic (exact) mass is 161 g/mol. The SMILES string of the molecule is CC1CNCCC12CC2.Cl. The Labute approximate surface area is 69.0 Å². The number of hydrogen-bond acceptors (Lipinski definition) is 1. The number of halogens is 1. The second-order valence-corrected chi connectivity index (χ2v) is 3.72. The number of rotatable bonds is 0. The summed E-state index contributed by atoms with van der Waals surface area (Å²) in [7, 11) is 0. The number of nitrogens with one attached hydrogen (secondary N) is 1. The van der Waals surface area contributed by atoms with E-state index in [0.717, 1.165) is 11.3 Å². The molecule has 1 aliphatic heterocycles. The van der Waals surface area contributed by atoms with Gasteiger partial charge in [0, 0.05) is 0 Å². The van der Waals surface area contributed by atoms with Gasteiger partial charge in [-0.1, -0.05) is 6.92 Å². The van der Waals surface area contributed by atoms with E-state index in [0.29, 0.717) is 0 Å². The lowest BCUT2D eigenvalue weighted by Crippen LogP contribution is -2.36. The summed E-state index contributed by atoms with van der Waals surface area (Å²) >= 11 is 0. The topological polar surface area (TPSA) is 12.0 Å². The van der Waals surface area contributed by atoms with Crippen molar-refractivity contribution in [1.82, 2.24) is 5.32 Å². The van der Waals surface area contributed by atoms with E-state index in [9.17, 15) is 0 Å². The van der Waals surface area contributed by atoms with Gasteiger partial charge in [-0.25, -0.2) is 0 Å². The highest BCUT2D eigenvalue weighted by atomic mass is 35.5. The van der Waals surface area contributed by atoms with Crippen molar-refractivity contribution in [3.05, 3.63) is 0 Å². The second kappa shape index (κ2) is 2.71. The zero-order valence-corrected chi connectivity index (χ0v) is 7.34. The minimum atomic E-state index is 0. The molecule has 0 aromatic carbocycles. The maximum atomic E-state index is 3.43. The van der Waals surface area contributed by atoms with Crippen LogP contribution < -0.4 is 5.32 Å². The van der Waals surface area contributed by atoms with Crippen molar-refractivity contribution in [2.75, 3.05) is 13.1 Å². The molecule has 1 nitrogen and oxygen atoms in total. The molecule has 1 heterocycles. The molecule has 0 aromatic heterocycles. The summed E-state index contributed by atoms with van der Waals surface area (Å²) in [5.74, 6) is 0.950. The van der Waals surface area contributed by atoms with Crippen LogP contribution in [0.25, 0.3) is 0 Å². The fourth-order valence-corrected chi connectivity index (χ4v) is 2.02. The quantitative estimate of drug-likeness (QED) is 0.572. The molecule has 1 aliphatic carbocycles. The summed E-state index contributed by atoms with van der Waals surface area (Å²) in [5, 5.41) is 3.43. The molecule has 1 spiro atoms. The van der Waals surface area contributed by atoms with Crippen LogP contribution in [-0.2, 0) is 0 Å². The van der Waals surface area contributed by atoms with E-state index < -0.39 is 0 Å². The largest absolute Gasteiger partial charge is 0.316 e. The minimum Gasteiger partial charge on any atom is -0.316 e. The van der Waals surface area contributed by atoms with Crippen molar-refractivity contribution in [2.45, 2.75) is 26.2 Å². The van der Waals surface area contributed by atoms with E-state index in [1.165, 1.54) is 32.4 Å². The lowest BCUT2D eigenvalue weighted by molar-refractivity contribution is 0.250. The van der Waals surface area contributed by atoms with Gasteiger partial charge in [0.1, 0.15) is 0 Å². The third-order valence-electron chi connectivity index (χ3n) is 3.19. The highest BCUT2D eigenvalue weighted by molar-refractivity contribution is 5.85. The molecule has 60 valence electrons. The van der Waals surface area contributed by atoms with Crippen LogP contribution >= 0.6 is 12.4 Å². The van der Waals surface area contributed by atoms with E-state index in [-0.39, 0.29) is 12.4 Å². The minimum absolute atomic E-state index is 0. The third-order valence-corrected chi connectivity index (χ3v) is 3.19. The first-order chi connectivity index (χ1) is 4.33. The Kier molecular flexibility index (Phi) is 2.26. The average molecular weight is 162 g/mol. The summed E-state index contributed by atoms with van der Waals surface area (Å²) in [5.41, 5.74) is 0.825. The zero-order valence-electron chi connectivity index (χ0n) is 6.52. The Morgan fingerprint density at radius 1 is 1.30 bits per heavy atom. The molecule has 2 aliphatic rings.